The Bertz CT molecular complexity index is 2250. The van der Waals surface area contributed by atoms with Gasteiger partial charge in [-0.25, -0.2) is 10.4 Å². The molecular weight excluding hydrogens is 937 g/mol. The number of hydrogen-bond donors (Lipinski definition) is 2. The van der Waals surface area contributed by atoms with E-state index in [2.05, 4.69) is 91.0 Å². The number of nitrogens with one attached hydrogen (secondary N) is 2. The Hall–Kier alpha value is -2.62. The number of cyclic esters (lactones) is 1. The third-order valence-electron chi connectivity index (χ3n) is 13.0. The van der Waals surface area contributed by atoms with Crippen molar-refractivity contribution >= 4 is 113 Å². The standard InChI is InChI=1S/C46H62N8O5S.5H2S/c1-8-53-39-14-13-30-21-33(39)35(42(53)34-22-31(25-47-41(34)29(3)58-7)52-17-10-15-51(6)16-11-18-52)24-46(4,5)27-59-45(57)36-12-9-19-54(50-36)44(56)37(23-40-48-38(30)26-60-40)49-43(55)32-20-28(32)2;;;;;/h13-14,21-22,25-26,28-29,32,36-37,50H,8-12,15-20,23-24,27H2,1-7H3,(H,49,55);5*1H2/t28-,29-,32-,36-,37-;;;;;/m0...../s1. The Labute approximate surface area is 424 Å². The van der Waals surface area contributed by atoms with Crippen LogP contribution in [0.2, 0.25) is 0 Å². The summed E-state index contributed by atoms with van der Waals surface area (Å²) in [7, 11) is 3.94. The lowest BCUT2D eigenvalue weighted by molar-refractivity contribution is -0.155. The zero-order valence-electron chi connectivity index (χ0n) is 38.9. The van der Waals surface area contributed by atoms with E-state index >= 15 is 0 Å². The van der Waals surface area contributed by atoms with E-state index in [1.165, 1.54) is 16.3 Å². The first-order chi connectivity index (χ1) is 28.8. The van der Waals surface area contributed by atoms with Crippen molar-refractivity contribution in [1.29, 1.82) is 0 Å². The van der Waals surface area contributed by atoms with Crippen LogP contribution in [0.25, 0.3) is 33.4 Å². The molecule has 13 nitrogen and oxygen atoms in total. The first-order valence-electron chi connectivity index (χ1n) is 21.9. The van der Waals surface area contributed by atoms with Gasteiger partial charge >= 0.3 is 5.97 Å². The molecule has 1 aromatic carbocycles. The van der Waals surface area contributed by atoms with E-state index in [0.29, 0.717) is 31.7 Å². The number of benzene rings is 1. The van der Waals surface area contributed by atoms with Crippen LogP contribution in [0.1, 0.15) is 89.1 Å². The first-order valence-corrected chi connectivity index (χ1v) is 22.8. The summed E-state index contributed by atoms with van der Waals surface area (Å²) in [4.78, 5) is 56.4. The second kappa shape index (κ2) is 24.1. The Morgan fingerprint density at radius 1 is 1.05 bits per heavy atom. The summed E-state index contributed by atoms with van der Waals surface area (Å²) >= 11 is 1.50. The van der Waals surface area contributed by atoms with Crippen LogP contribution in [0, 0.1) is 17.3 Å². The molecular formula is C46H72N8O5S6. The van der Waals surface area contributed by atoms with Crippen molar-refractivity contribution in [3.8, 4) is 22.5 Å². The van der Waals surface area contributed by atoms with E-state index in [1.807, 2.05) is 11.6 Å². The number of aromatic nitrogens is 3. The molecule has 65 heavy (non-hydrogen) atoms. The molecule has 3 aliphatic heterocycles. The molecule has 2 N–H and O–H groups in total. The number of methoxy groups -OCH3 is 1. The summed E-state index contributed by atoms with van der Waals surface area (Å²) in [6.45, 7) is 16.0. The average Bonchev–Trinajstić information content (AvgIpc) is 3.66. The number of fused-ring (bicyclic) bond motifs is 6. The van der Waals surface area contributed by atoms with Crippen LogP contribution >= 0.6 is 78.8 Å². The van der Waals surface area contributed by atoms with Gasteiger partial charge in [0.15, 0.2) is 0 Å². The SMILES string of the molecule is CCn1c(-c2cc(N3CCCN(C)CCC3)cnc2[C@H](C)OC)c2c3cc(ccc31)-c1csc(n1)C[C@H](NC(=O)[C@H]1C[C@@H]1C)C(=O)N1CCC[C@H](N1)C(=O)OCC(C)(C)C2.S.S.S.S.S. The summed E-state index contributed by atoms with van der Waals surface area (Å²) in [6.07, 6.45) is 6.79. The summed E-state index contributed by atoms with van der Waals surface area (Å²) < 4.78 is 14.6. The van der Waals surface area contributed by atoms with Gasteiger partial charge in [0.05, 0.1) is 46.7 Å². The molecule has 5 atom stereocenters. The fraction of sp³-hybridized carbons (Fsp3) is 0.587. The number of carbonyl (C=O) groups is 3. The topological polar surface area (TPSA) is 134 Å². The molecule has 4 aliphatic rings. The highest BCUT2D eigenvalue weighted by Gasteiger charge is 2.42. The molecule has 6 bridgehead atoms. The molecule has 8 rings (SSSR count). The van der Waals surface area contributed by atoms with Crippen molar-refractivity contribution in [1.82, 2.24) is 35.2 Å². The van der Waals surface area contributed by atoms with Gasteiger partial charge in [0.25, 0.3) is 5.91 Å². The molecule has 2 amide bonds. The Morgan fingerprint density at radius 2 is 1.75 bits per heavy atom. The number of ether oxygens (including phenoxy) is 2. The van der Waals surface area contributed by atoms with Crippen molar-refractivity contribution in [3.63, 3.8) is 0 Å². The maximum absolute atomic E-state index is 14.1. The second-order valence-corrected chi connectivity index (χ2v) is 19.2. The first kappa shape index (κ1) is 56.7. The van der Waals surface area contributed by atoms with Crippen LogP contribution in [-0.4, -0.2) is 108 Å². The third-order valence-corrected chi connectivity index (χ3v) is 13.8. The van der Waals surface area contributed by atoms with Crippen LogP contribution < -0.4 is 15.6 Å². The molecule has 4 aromatic rings. The van der Waals surface area contributed by atoms with E-state index in [-0.39, 0.29) is 110 Å². The average molecular weight is 1010 g/mol. The number of rotatable bonds is 7. The molecule has 362 valence electrons. The highest BCUT2D eigenvalue weighted by molar-refractivity contribution is 7.60. The van der Waals surface area contributed by atoms with Crippen LogP contribution in [0.4, 0.5) is 5.69 Å². The highest BCUT2D eigenvalue weighted by Crippen LogP contribution is 2.43. The lowest BCUT2D eigenvalue weighted by Crippen LogP contribution is -2.60. The van der Waals surface area contributed by atoms with Crippen LogP contribution in [-0.2, 0) is 43.2 Å². The maximum atomic E-state index is 14.1. The monoisotopic (exact) mass is 1010 g/mol. The van der Waals surface area contributed by atoms with E-state index in [4.69, 9.17) is 19.4 Å². The number of nitrogens with zero attached hydrogens (tertiary/aromatic N) is 6. The highest BCUT2D eigenvalue weighted by atomic mass is 32.1. The van der Waals surface area contributed by atoms with Gasteiger partial charge in [-0.2, -0.15) is 67.5 Å². The molecule has 19 heteroatoms. The van der Waals surface area contributed by atoms with Gasteiger partial charge in [-0.3, -0.25) is 24.4 Å². The summed E-state index contributed by atoms with van der Waals surface area (Å²) in [5.74, 6) is -0.557. The number of aryl methyl sites for hydroxylation is 1. The van der Waals surface area contributed by atoms with Gasteiger partial charge in [-0.15, -0.1) is 11.3 Å². The molecule has 1 aliphatic carbocycles. The molecule has 3 aromatic heterocycles. The number of carbonyl (C=O) groups excluding carboxylic acids is 3. The zero-order chi connectivity index (χ0) is 42.3. The minimum atomic E-state index is -0.826. The van der Waals surface area contributed by atoms with Gasteiger partial charge < -0.3 is 29.2 Å². The predicted molar refractivity (Wildman–Crippen MR) is 287 cm³/mol. The van der Waals surface area contributed by atoms with Crippen molar-refractivity contribution in [2.75, 3.05) is 58.4 Å². The van der Waals surface area contributed by atoms with Crippen LogP contribution in [0.3, 0.4) is 0 Å². The van der Waals surface area contributed by atoms with E-state index < -0.39 is 17.5 Å². The molecule has 6 heterocycles. The van der Waals surface area contributed by atoms with Gasteiger partial charge in [-0.05, 0) is 102 Å². The smallest absolute Gasteiger partial charge is 0.324 e. The predicted octanol–water partition coefficient (Wildman–Crippen LogP) is 6.95. The zero-order valence-corrected chi connectivity index (χ0v) is 44.7. The van der Waals surface area contributed by atoms with E-state index in [1.54, 1.807) is 7.11 Å². The van der Waals surface area contributed by atoms with E-state index in [9.17, 15) is 14.4 Å². The number of thiazole rings is 1. The Kier molecular flexibility index (Phi) is 21.0. The van der Waals surface area contributed by atoms with Gasteiger partial charge in [0.1, 0.15) is 12.1 Å². The number of pyridine rings is 1. The minimum Gasteiger partial charge on any atom is -0.464 e. The van der Waals surface area contributed by atoms with Gasteiger partial charge in [0.2, 0.25) is 5.91 Å². The number of anilines is 1. The largest absolute Gasteiger partial charge is 0.464 e. The molecule has 0 radical (unpaired) electrons. The molecule has 0 unspecified atom stereocenters. The van der Waals surface area contributed by atoms with Crippen molar-refractivity contribution in [2.45, 2.75) is 104 Å². The lowest BCUT2D eigenvalue weighted by atomic mass is 9.84. The fourth-order valence-electron chi connectivity index (χ4n) is 9.28. The number of hydrogen-bond acceptors (Lipinski definition) is 11. The number of hydrazine groups is 1. The molecule has 2 saturated heterocycles. The maximum Gasteiger partial charge on any atom is 0.324 e. The van der Waals surface area contributed by atoms with Crippen molar-refractivity contribution in [2.24, 2.45) is 17.3 Å². The summed E-state index contributed by atoms with van der Waals surface area (Å²) in [5.41, 5.74) is 10.9. The quantitative estimate of drug-likeness (QED) is 0.188. The Morgan fingerprint density at radius 3 is 2.42 bits per heavy atom. The normalized spacial score (nSPS) is 22.8. The third kappa shape index (κ3) is 12.5. The minimum absolute atomic E-state index is 0. The van der Waals surface area contributed by atoms with Gasteiger partial charge in [-0.1, -0.05) is 26.8 Å². The lowest BCUT2D eigenvalue weighted by Gasteiger charge is -2.35. The van der Waals surface area contributed by atoms with Crippen molar-refractivity contribution in [3.05, 3.63) is 52.1 Å². The second-order valence-electron chi connectivity index (χ2n) is 18.3. The molecule has 0 spiro atoms. The Balaban J connectivity index is 0.00000224. The number of esters is 1. The molecule has 1 saturated carbocycles. The summed E-state index contributed by atoms with van der Waals surface area (Å²) in [5, 5.41) is 8.48. The fourth-order valence-corrected chi connectivity index (χ4v) is 10.1. The van der Waals surface area contributed by atoms with Crippen LogP contribution in [0.5, 0.6) is 0 Å². The molecule has 3 fully saturated rings. The van der Waals surface area contributed by atoms with Gasteiger partial charge in [0, 0.05) is 78.5 Å². The van der Waals surface area contributed by atoms with E-state index in [0.717, 1.165) is 107 Å². The van der Waals surface area contributed by atoms with Crippen molar-refractivity contribution < 1.29 is 23.9 Å². The van der Waals surface area contributed by atoms with Crippen LogP contribution in [0.15, 0.2) is 35.8 Å². The number of amides is 2. The summed E-state index contributed by atoms with van der Waals surface area (Å²) in [6, 6.07) is 7.39.